The normalized spacial score (nSPS) is 10.0. The number of methoxy groups -OCH3 is 1. The van der Waals surface area contributed by atoms with E-state index < -0.39 is 0 Å². The van der Waals surface area contributed by atoms with Gasteiger partial charge in [-0.15, -0.1) is 0 Å². The molecule has 1 aromatic carbocycles. The molecule has 0 saturated carbocycles. The molecule has 0 unspecified atom stereocenters. The van der Waals surface area contributed by atoms with Crippen LogP contribution in [0.15, 0.2) is 22.7 Å². The lowest BCUT2D eigenvalue weighted by atomic mass is 10.2. The molecule has 0 amide bonds. The molecule has 2 N–H and O–H groups in total. The van der Waals surface area contributed by atoms with Crippen LogP contribution in [0.1, 0.15) is 5.56 Å². The summed E-state index contributed by atoms with van der Waals surface area (Å²) in [6.07, 6.45) is 0. The Morgan fingerprint density at radius 3 is 2.91 bits per heavy atom. The minimum Gasteiger partial charge on any atom is -0.398 e. The number of nitrogens with two attached hydrogens (primary N) is 1. The van der Waals surface area contributed by atoms with Crippen molar-refractivity contribution in [2.75, 3.05) is 12.8 Å². The van der Waals surface area contributed by atoms with Crippen LogP contribution >= 0.6 is 15.9 Å². The Bertz CT molecular complexity index is 250. The summed E-state index contributed by atoms with van der Waals surface area (Å²) in [6, 6.07) is 5.73. The molecule has 1 rings (SSSR count). The first kappa shape index (κ1) is 8.56. The van der Waals surface area contributed by atoms with Crippen LogP contribution in [-0.4, -0.2) is 7.11 Å². The third-order valence-corrected chi connectivity index (χ3v) is 1.90. The zero-order valence-corrected chi connectivity index (χ0v) is 7.89. The third kappa shape index (κ3) is 2.20. The number of benzene rings is 1. The lowest BCUT2D eigenvalue weighted by Crippen LogP contribution is -1.95. The Labute approximate surface area is 74.5 Å². The van der Waals surface area contributed by atoms with Gasteiger partial charge in [-0.25, -0.2) is 0 Å². The van der Waals surface area contributed by atoms with E-state index >= 15 is 0 Å². The van der Waals surface area contributed by atoms with Crippen molar-refractivity contribution in [1.82, 2.24) is 0 Å². The molecule has 0 aliphatic carbocycles. The Hall–Kier alpha value is -0.540. The topological polar surface area (TPSA) is 35.2 Å². The summed E-state index contributed by atoms with van der Waals surface area (Å²) in [5, 5.41) is 0. The van der Waals surface area contributed by atoms with Gasteiger partial charge in [0, 0.05) is 22.8 Å². The summed E-state index contributed by atoms with van der Waals surface area (Å²) in [7, 11) is 1.65. The van der Waals surface area contributed by atoms with E-state index in [1.165, 1.54) is 0 Å². The smallest absolute Gasteiger partial charge is 0.0733 e. The van der Waals surface area contributed by atoms with Crippen LogP contribution in [-0.2, 0) is 11.3 Å². The fraction of sp³-hybridized carbons (Fsp3) is 0.250. The lowest BCUT2D eigenvalue weighted by molar-refractivity contribution is 0.185. The molecule has 0 bridgehead atoms. The maximum Gasteiger partial charge on any atom is 0.0733 e. The van der Waals surface area contributed by atoms with Crippen molar-refractivity contribution in [2.45, 2.75) is 6.61 Å². The highest BCUT2D eigenvalue weighted by Gasteiger charge is 1.97. The molecule has 0 fully saturated rings. The molecule has 0 aliphatic rings. The van der Waals surface area contributed by atoms with E-state index in [0.29, 0.717) is 6.61 Å². The van der Waals surface area contributed by atoms with Gasteiger partial charge in [-0.05, 0) is 18.2 Å². The van der Waals surface area contributed by atoms with E-state index in [1.807, 2.05) is 18.2 Å². The number of rotatable bonds is 2. The average Bonchev–Trinajstić information content (AvgIpc) is 1.98. The fourth-order valence-corrected chi connectivity index (χ4v) is 1.26. The van der Waals surface area contributed by atoms with Crippen molar-refractivity contribution in [3.8, 4) is 0 Å². The van der Waals surface area contributed by atoms with Crippen molar-refractivity contribution < 1.29 is 4.74 Å². The second-order valence-corrected chi connectivity index (χ2v) is 3.19. The van der Waals surface area contributed by atoms with Crippen LogP contribution in [0.5, 0.6) is 0 Å². The van der Waals surface area contributed by atoms with Gasteiger partial charge in [0.1, 0.15) is 0 Å². The summed E-state index contributed by atoms with van der Waals surface area (Å²) in [6.45, 7) is 0.561. The second-order valence-electron chi connectivity index (χ2n) is 2.28. The Morgan fingerprint density at radius 2 is 2.27 bits per heavy atom. The molecule has 0 radical (unpaired) electrons. The van der Waals surface area contributed by atoms with Gasteiger partial charge in [0.2, 0.25) is 0 Å². The molecular weight excluding hydrogens is 206 g/mol. The highest BCUT2D eigenvalue weighted by Crippen LogP contribution is 2.18. The summed E-state index contributed by atoms with van der Waals surface area (Å²) < 4.78 is 5.99. The second kappa shape index (κ2) is 3.74. The predicted octanol–water partition coefficient (Wildman–Crippen LogP) is 2.18. The molecule has 0 aliphatic heterocycles. The Balaban J connectivity index is 2.93. The summed E-state index contributed by atoms with van der Waals surface area (Å²) in [5.41, 5.74) is 7.46. The van der Waals surface area contributed by atoms with Crippen LogP contribution < -0.4 is 5.73 Å². The maximum atomic E-state index is 5.67. The molecule has 2 nitrogen and oxygen atoms in total. The van der Waals surface area contributed by atoms with E-state index in [4.69, 9.17) is 10.5 Å². The first-order chi connectivity index (χ1) is 5.24. The monoisotopic (exact) mass is 215 g/mol. The van der Waals surface area contributed by atoms with Gasteiger partial charge < -0.3 is 10.5 Å². The van der Waals surface area contributed by atoms with Crippen LogP contribution in [0, 0.1) is 0 Å². The predicted molar refractivity (Wildman–Crippen MR) is 49.3 cm³/mol. The molecular formula is C8H10BrNO. The summed E-state index contributed by atoms with van der Waals surface area (Å²) in [5.74, 6) is 0. The molecule has 0 saturated heterocycles. The van der Waals surface area contributed by atoms with Crippen LogP contribution in [0.2, 0.25) is 0 Å². The highest BCUT2D eigenvalue weighted by molar-refractivity contribution is 9.10. The molecule has 60 valence electrons. The van der Waals surface area contributed by atoms with E-state index in [-0.39, 0.29) is 0 Å². The quantitative estimate of drug-likeness (QED) is 0.769. The molecule has 1 aromatic rings. The lowest BCUT2D eigenvalue weighted by Gasteiger charge is -2.03. The molecule has 0 heterocycles. The number of hydrogen-bond donors (Lipinski definition) is 1. The number of nitrogen functional groups attached to an aromatic ring is 1. The van der Waals surface area contributed by atoms with Gasteiger partial charge in [0.25, 0.3) is 0 Å². The number of hydrogen-bond acceptors (Lipinski definition) is 2. The number of ether oxygens (including phenoxy) is 1. The minimum absolute atomic E-state index is 0.561. The maximum absolute atomic E-state index is 5.67. The largest absolute Gasteiger partial charge is 0.398 e. The van der Waals surface area contributed by atoms with Crippen molar-refractivity contribution >= 4 is 21.6 Å². The summed E-state index contributed by atoms with van der Waals surface area (Å²) in [4.78, 5) is 0. The summed E-state index contributed by atoms with van der Waals surface area (Å²) >= 11 is 3.36. The highest BCUT2D eigenvalue weighted by atomic mass is 79.9. The Kier molecular flexibility index (Phi) is 2.91. The Morgan fingerprint density at radius 1 is 1.55 bits per heavy atom. The fourth-order valence-electron chi connectivity index (χ4n) is 0.855. The zero-order chi connectivity index (χ0) is 8.27. The zero-order valence-electron chi connectivity index (χ0n) is 6.30. The van der Waals surface area contributed by atoms with Crippen LogP contribution in [0.4, 0.5) is 5.69 Å². The molecule has 11 heavy (non-hydrogen) atoms. The minimum atomic E-state index is 0.561. The SMILES string of the molecule is COCc1cc(Br)ccc1N. The van der Waals surface area contributed by atoms with Crippen molar-refractivity contribution in [1.29, 1.82) is 0 Å². The van der Waals surface area contributed by atoms with E-state index in [2.05, 4.69) is 15.9 Å². The average molecular weight is 216 g/mol. The molecule has 0 spiro atoms. The molecule has 0 aromatic heterocycles. The van der Waals surface area contributed by atoms with Gasteiger partial charge in [-0.2, -0.15) is 0 Å². The van der Waals surface area contributed by atoms with Gasteiger partial charge in [-0.1, -0.05) is 15.9 Å². The van der Waals surface area contributed by atoms with Crippen LogP contribution in [0.25, 0.3) is 0 Å². The van der Waals surface area contributed by atoms with E-state index in [9.17, 15) is 0 Å². The third-order valence-electron chi connectivity index (χ3n) is 1.40. The van der Waals surface area contributed by atoms with Crippen molar-refractivity contribution in [2.24, 2.45) is 0 Å². The van der Waals surface area contributed by atoms with Gasteiger partial charge in [0.05, 0.1) is 6.61 Å². The first-order valence-corrected chi connectivity index (χ1v) is 4.06. The van der Waals surface area contributed by atoms with Crippen molar-refractivity contribution in [3.05, 3.63) is 28.2 Å². The first-order valence-electron chi connectivity index (χ1n) is 3.27. The van der Waals surface area contributed by atoms with Gasteiger partial charge in [-0.3, -0.25) is 0 Å². The number of halogens is 1. The van der Waals surface area contributed by atoms with Crippen molar-refractivity contribution in [3.63, 3.8) is 0 Å². The van der Waals surface area contributed by atoms with Gasteiger partial charge >= 0.3 is 0 Å². The van der Waals surface area contributed by atoms with Gasteiger partial charge in [0.15, 0.2) is 0 Å². The molecule has 3 heteroatoms. The van der Waals surface area contributed by atoms with E-state index in [0.717, 1.165) is 15.7 Å². The van der Waals surface area contributed by atoms with Crippen LogP contribution in [0.3, 0.4) is 0 Å². The molecule has 0 atom stereocenters. The number of anilines is 1. The standard InChI is InChI=1S/C8H10BrNO/c1-11-5-6-4-7(9)2-3-8(6)10/h2-4H,5,10H2,1H3. The van der Waals surface area contributed by atoms with E-state index in [1.54, 1.807) is 7.11 Å².